The topological polar surface area (TPSA) is 112 Å². The first kappa shape index (κ1) is 21.4. The molecule has 9 heteroatoms. The number of nitrogens with one attached hydrogen (secondary N) is 1. The first-order valence-corrected chi connectivity index (χ1v) is 10.2. The number of ether oxygens (including phenoxy) is 2. The maximum Gasteiger partial charge on any atom is 0.220 e. The van der Waals surface area contributed by atoms with Gasteiger partial charge in [0.2, 0.25) is 5.91 Å². The van der Waals surface area contributed by atoms with Gasteiger partial charge < -0.3 is 25.5 Å². The monoisotopic (exact) mass is 435 g/mol. The highest BCUT2D eigenvalue weighted by atomic mass is 16.5. The van der Waals surface area contributed by atoms with Crippen LogP contribution < -0.4 is 15.9 Å². The predicted octanol–water partition coefficient (Wildman–Crippen LogP) is 2.58. The number of nitrogens with zero attached hydrogens (tertiary/aromatic N) is 3. The number of carbonyl (C=O) groups excluding carboxylic acids is 2. The number of nitrogens with two attached hydrogens (primary N) is 1. The molecule has 3 heterocycles. The van der Waals surface area contributed by atoms with E-state index >= 15 is 0 Å². The van der Waals surface area contributed by atoms with Gasteiger partial charge in [-0.1, -0.05) is 18.2 Å². The van der Waals surface area contributed by atoms with Crippen molar-refractivity contribution in [1.82, 2.24) is 14.6 Å². The lowest BCUT2D eigenvalue weighted by Crippen LogP contribution is -2.39. The van der Waals surface area contributed by atoms with Crippen LogP contribution in [-0.4, -0.2) is 53.1 Å². The molecule has 2 aromatic heterocycles. The van der Waals surface area contributed by atoms with Crippen LogP contribution in [0.3, 0.4) is 0 Å². The van der Waals surface area contributed by atoms with E-state index in [0.717, 1.165) is 5.69 Å². The van der Waals surface area contributed by atoms with Crippen molar-refractivity contribution < 1.29 is 19.1 Å². The zero-order valence-corrected chi connectivity index (χ0v) is 18.0. The van der Waals surface area contributed by atoms with Gasteiger partial charge in [-0.25, -0.2) is 0 Å². The second-order valence-corrected chi connectivity index (χ2v) is 7.42. The van der Waals surface area contributed by atoms with E-state index in [2.05, 4.69) is 10.3 Å². The average Bonchev–Trinajstić information content (AvgIpc) is 3.06. The van der Waals surface area contributed by atoms with Gasteiger partial charge in [-0.3, -0.25) is 19.2 Å². The molecule has 3 aromatic rings. The minimum absolute atomic E-state index is 0.00278. The third-order valence-electron chi connectivity index (χ3n) is 5.33. The Kier molecular flexibility index (Phi) is 6.09. The second-order valence-electron chi connectivity index (χ2n) is 7.42. The quantitative estimate of drug-likeness (QED) is 0.433. The van der Waals surface area contributed by atoms with Crippen LogP contribution in [0.5, 0.6) is 5.75 Å². The van der Waals surface area contributed by atoms with Crippen LogP contribution in [0, 0.1) is 0 Å². The summed E-state index contributed by atoms with van der Waals surface area (Å²) in [6.07, 6.45) is 3.24. The first-order chi connectivity index (χ1) is 15.5. The molecule has 32 heavy (non-hydrogen) atoms. The number of Topliss-reactive ketones (excluding diaryl/α,β-unsaturated/α-hetero) is 1. The number of amides is 1. The number of carbonyl (C=O) groups is 2. The standard InChI is InChI=1S/C23H25N5O4/c1-15(29)27-13-18-21(19(30)14-27)22(26-16-6-4-3-5-7-16)23(28(18)24)17-8-9-25-12-20(17)32-11-10-31-2/h3-9,12,26H,10-11,13-14,24H2,1-2H3. The van der Waals surface area contributed by atoms with E-state index in [-0.39, 0.29) is 24.8 Å². The lowest BCUT2D eigenvalue weighted by Gasteiger charge is -2.26. The number of rotatable bonds is 7. The van der Waals surface area contributed by atoms with Crippen molar-refractivity contribution in [3.05, 3.63) is 60.0 Å². The number of aromatic nitrogens is 2. The summed E-state index contributed by atoms with van der Waals surface area (Å²) in [5.74, 6) is 6.69. The van der Waals surface area contributed by atoms with E-state index in [4.69, 9.17) is 15.3 Å². The Hall–Kier alpha value is -3.85. The van der Waals surface area contributed by atoms with Gasteiger partial charge in [0, 0.05) is 31.5 Å². The van der Waals surface area contributed by atoms with Gasteiger partial charge in [-0.2, -0.15) is 0 Å². The minimum atomic E-state index is -0.184. The summed E-state index contributed by atoms with van der Waals surface area (Å²) in [7, 11) is 1.60. The molecule has 1 aromatic carbocycles. The predicted molar refractivity (Wildman–Crippen MR) is 120 cm³/mol. The largest absolute Gasteiger partial charge is 0.489 e. The van der Waals surface area contributed by atoms with E-state index < -0.39 is 0 Å². The molecule has 3 N–H and O–H groups in total. The van der Waals surface area contributed by atoms with Gasteiger partial charge in [0.15, 0.2) is 5.78 Å². The van der Waals surface area contributed by atoms with Crippen molar-refractivity contribution in [3.63, 3.8) is 0 Å². The van der Waals surface area contributed by atoms with Crippen molar-refractivity contribution in [2.45, 2.75) is 13.5 Å². The van der Waals surface area contributed by atoms with Gasteiger partial charge in [-0.05, 0) is 18.2 Å². The second kappa shape index (κ2) is 9.11. The Morgan fingerprint density at radius 1 is 1.19 bits per heavy atom. The minimum Gasteiger partial charge on any atom is -0.489 e. The zero-order chi connectivity index (χ0) is 22.7. The number of anilines is 2. The van der Waals surface area contributed by atoms with Crippen molar-refractivity contribution in [1.29, 1.82) is 0 Å². The molecule has 9 nitrogen and oxygen atoms in total. The van der Waals surface area contributed by atoms with Crippen LogP contribution in [-0.2, 0) is 16.1 Å². The summed E-state index contributed by atoms with van der Waals surface area (Å²) in [5.41, 5.74) is 3.67. The molecule has 1 aliphatic rings. The Labute approximate surface area is 185 Å². The molecule has 1 amide bonds. The van der Waals surface area contributed by atoms with Gasteiger partial charge in [0.25, 0.3) is 0 Å². The maximum atomic E-state index is 13.1. The molecule has 0 radical (unpaired) electrons. The Morgan fingerprint density at radius 3 is 2.69 bits per heavy atom. The van der Waals surface area contributed by atoms with E-state index in [1.807, 2.05) is 30.3 Å². The summed E-state index contributed by atoms with van der Waals surface area (Å²) in [6, 6.07) is 11.3. The number of hydrogen-bond donors (Lipinski definition) is 2. The normalized spacial score (nSPS) is 13.1. The van der Waals surface area contributed by atoms with E-state index in [9.17, 15) is 9.59 Å². The summed E-state index contributed by atoms with van der Waals surface area (Å²) >= 11 is 0. The number of ketones is 1. The third-order valence-corrected chi connectivity index (χ3v) is 5.33. The number of benzene rings is 1. The molecular weight excluding hydrogens is 410 g/mol. The van der Waals surface area contributed by atoms with Crippen LogP contribution in [0.1, 0.15) is 23.0 Å². The Balaban J connectivity index is 1.88. The molecule has 0 atom stereocenters. The number of para-hydroxylation sites is 1. The SMILES string of the molecule is COCCOc1cnccc1-c1c(Nc2ccccc2)c2c(n1N)CN(C(C)=O)CC2=O. The highest BCUT2D eigenvalue weighted by Crippen LogP contribution is 2.42. The van der Waals surface area contributed by atoms with Gasteiger partial charge >= 0.3 is 0 Å². The molecule has 0 aliphatic carbocycles. The fraction of sp³-hybridized carbons (Fsp3) is 0.261. The smallest absolute Gasteiger partial charge is 0.220 e. The molecule has 4 rings (SSSR count). The lowest BCUT2D eigenvalue weighted by molar-refractivity contribution is -0.129. The molecule has 1 aliphatic heterocycles. The summed E-state index contributed by atoms with van der Waals surface area (Å²) in [4.78, 5) is 30.8. The zero-order valence-electron chi connectivity index (χ0n) is 18.0. The molecular formula is C23H25N5O4. The van der Waals surface area contributed by atoms with Crippen LogP contribution in [0.2, 0.25) is 0 Å². The van der Waals surface area contributed by atoms with Crippen molar-refractivity contribution in [2.24, 2.45) is 0 Å². The van der Waals surface area contributed by atoms with Gasteiger partial charge in [0.1, 0.15) is 12.4 Å². The fourth-order valence-corrected chi connectivity index (χ4v) is 3.78. The summed E-state index contributed by atoms with van der Waals surface area (Å²) in [6.45, 7) is 2.43. The number of hydrogen-bond acceptors (Lipinski definition) is 7. The molecule has 166 valence electrons. The fourth-order valence-electron chi connectivity index (χ4n) is 3.78. The molecule has 0 fully saturated rings. The maximum absolute atomic E-state index is 13.1. The van der Waals surface area contributed by atoms with Gasteiger partial charge in [-0.15, -0.1) is 0 Å². The average molecular weight is 435 g/mol. The van der Waals surface area contributed by atoms with Crippen LogP contribution >= 0.6 is 0 Å². The highest BCUT2D eigenvalue weighted by Gasteiger charge is 2.34. The molecule has 0 saturated heterocycles. The van der Waals surface area contributed by atoms with Crippen LogP contribution in [0.4, 0.5) is 11.4 Å². The Morgan fingerprint density at radius 2 is 1.97 bits per heavy atom. The van der Waals surface area contributed by atoms with E-state index in [1.165, 1.54) is 16.5 Å². The highest BCUT2D eigenvalue weighted by molar-refractivity contribution is 6.10. The first-order valence-electron chi connectivity index (χ1n) is 10.2. The van der Waals surface area contributed by atoms with Crippen molar-refractivity contribution in [2.75, 3.05) is 38.0 Å². The number of pyridine rings is 1. The number of fused-ring (bicyclic) bond motifs is 1. The van der Waals surface area contributed by atoms with Crippen molar-refractivity contribution in [3.8, 4) is 17.0 Å². The van der Waals surface area contributed by atoms with E-state index in [0.29, 0.717) is 47.2 Å². The molecule has 0 bridgehead atoms. The summed E-state index contributed by atoms with van der Waals surface area (Å²) < 4.78 is 12.4. The van der Waals surface area contributed by atoms with Crippen LogP contribution in [0.25, 0.3) is 11.3 Å². The summed E-state index contributed by atoms with van der Waals surface area (Å²) in [5, 5.41) is 3.36. The lowest BCUT2D eigenvalue weighted by atomic mass is 10.0. The number of methoxy groups -OCH3 is 1. The molecule has 0 unspecified atom stereocenters. The third kappa shape index (κ3) is 4.02. The van der Waals surface area contributed by atoms with Crippen molar-refractivity contribution >= 4 is 23.1 Å². The Bertz CT molecular complexity index is 1140. The molecule has 0 saturated carbocycles. The van der Waals surface area contributed by atoms with Crippen LogP contribution in [0.15, 0.2) is 48.8 Å². The van der Waals surface area contributed by atoms with Gasteiger partial charge in [0.05, 0.1) is 48.5 Å². The van der Waals surface area contributed by atoms with E-state index in [1.54, 1.807) is 25.6 Å². The number of nitrogen functional groups attached to an aromatic ring is 1. The molecule has 0 spiro atoms.